The van der Waals surface area contributed by atoms with Crippen LogP contribution in [0.5, 0.6) is 0 Å². The molecular weight excluding hydrogens is 244 g/mol. The van der Waals surface area contributed by atoms with Gasteiger partial charge in [0, 0.05) is 30.3 Å². The molecule has 2 rings (SSSR count). The lowest BCUT2D eigenvalue weighted by molar-refractivity contribution is 0.437. The highest BCUT2D eigenvalue weighted by atomic mass is 35.5. The fraction of sp³-hybridized carbons (Fsp3) is 0.600. The number of benzene rings is 1. The van der Waals surface area contributed by atoms with Gasteiger partial charge >= 0.3 is 0 Å². The molecule has 1 heterocycles. The van der Waals surface area contributed by atoms with Crippen molar-refractivity contribution in [1.29, 1.82) is 0 Å². The summed E-state index contributed by atoms with van der Waals surface area (Å²) >= 11 is 6.15. The van der Waals surface area contributed by atoms with Crippen LogP contribution in [0, 0.1) is 5.92 Å². The number of halogens is 1. The fourth-order valence-corrected chi connectivity index (χ4v) is 2.66. The topological polar surface area (TPSA) is 15.3 Å². The van der Waals surface area contributed by atoms with Crippen molar-refractivity contribution in [2.24, 2.45) is 5.92 Å². The molecule has 0 aliphatic carbocycles. The monoisotopic (exact) mass is 266 g/mol. The highest BCUT2D eigenvalue weighted by Gasteiger charge is 2.18. The van der Waals surface area contributed by atoms with E-state index in [9.17, 15) is 0 Å². The fourth-order valence-electron chi connectivity index (χ4n) is 2.49. The molecule has 1 aromatic rings. The molecule has 0 aromatic heterocycles. The van der Waals surface area contributed by atoms with Gasteiger partial charge in [-0.1, -0.05) is 31.5 Å². The number of anilines is 1. The normalized spacial score (nSPS) is 17.2. The van der Waals surface area contributed by atoms with Crippen LogP contribution in [-0.4, -0.2) is 19.6 Å². The zero-order chi connectivity index (χ0) is 13.0. The van der Waals surface area contributed by atoms with Crippen molar-refractivity contribution >= 4 is 17.3 Å². The van der Waals surface area contributed by atoms with Gasteiger partial charge in [-0.05, 0) is 43.0 Å². The Morgan fingerprint density at radius 1 is 1.33 bits per heavy atom. The molecule has 0 atom stereocenters. The second kappa shape index (κ2) is 6.44. The molecule has 1 aliphatic rings. The molecule has 0 unspecified atom stereocenters. The van der Waals surface area contributed by atoms with E-state index in [2.05, 4.69) is 36.2 Å². The van der Waals surface area contributed by atoms with E-state index in [4.69, 9.17) is 11.6 Å². The quantitative estimate of drug-likeness (QED) is 0.894. The lowest BCUT2D eigenvalue weighted by Gasteiger charge is -2.33. The van der Waals surface area contributed by atoms with Crippen LogP contribution in [0.2, 0.25) is 5.02 Å². The third-order valence-electron chi connectivity index (χ3n) is 3.74. The van der Waals surface area contributed by atoms with E-state index in [1.165, 1.54) is 24.1 Å². The average Bonchev–Trinajstić information content (AvgIpc) is 2.38. The predicted octanol–water partition coefficient (Wildman–Crippen LogP) is 3.69. The van der Waals surface area contributed by atoms with Crippen molar-refractivity contribution in [2.45, 2.75) is 33.2 Å². The largest absolute Gasteiger partial charge is 0.371 e. The van der Waals surface area contributed by atoms with Crippen molar-refractivity contribution in [1.82, 2.24) is 5.32 Å². The molecule has 0 radical (unpaired) electrons. The zero-order valence-electron chi connectivity index (χ0n) is 11.4. The minimum Gasteiger partial charge on any atom is -0.371 e. The molecule has 1 N–H and O–H groups in total. The van der Waals surface area contributed by atoms with Gasteiger partial charge in [0.2, 0.25) is 0 Å². The molecule has 0 amide bonds. The summed E-state index contributed by atoms with van der Waals surface area (Å²) in [5, 5.41) is 4.24. The number of piperidine rings is 1. The van der Waals surface area contributed by atoms with Crippen molar-refractivity contribution in [2.75, 3.05) is 24.5 Å². The summed E-state index contributed by atoms with van der Waals surface area (Å²) in [4.78, 5) is 2.48. The molecule has 2 nitrogen and oxygen atoms in total. The Kier molecular flexibility index (Phi) is 4.90. The van der Waals surface area contributed by atoms with Gasteiger partial charge in [0.1, 0.15) is 0 Å². The van der Waals surface area contributed by atoms with Gasteiger partial charge in [0.25, 0.3) is 0 Å². The Morgan fingerprint density at radius 2 is 2.06 bits per heavy atom. The number of nitrogens with one attached hydrogen (secondary N) is 1. The van der Waals surface area contributed by atoms with E-state index in [0.29, 0.717) is 0 Å². The third kappa shape index (κ3) is 3.39. The Balaban J connectivity index is 2.16. The molecule has 0 spiro atoms. The van der Waals surface area contributed by atoms with E-state index < -0.39 is 0 Å². The standard InChI is InChI=1S/C15H23ClN2/c1-3-17-11-13-4-5-14(16)10-15(13)18-8-6-12(2)7-9-18/h4-5,10,12,17H,3,6-9,11H2,1-2H3. The summed E-state index contributed by atoms with van der Waals surface area (Å²) in [7, 11) is 0. The first-order chi connectivity index (χ1) is 8.70. The van der Waals surface area contributed by atoms with Crippen LogP contribution >= 0.6 is 11.6 Å². The molecular formula is C15H23ClN2. The second-order valence-corrected chi connectivity index (χ2v) is 5.66. The van der Waals surface area contributed by atoms with Crippen LogP contribution in [0.15, 0.2) is 18.2 Å². The zero-order valence-corrected chi connectivity index (χ0v) is 12.1. The first-order valence-electron chi connectivity index (χ1n) is 6.94. The minimum absolute atomic E-state index is 0.837. The molecule has 0 bridgehead atoms. The SMILES string of the molecule is CCNCc1ccc(Cl)cc1N1CCC(C)CC1. The summed E-state index contributed by atoms with van der Waals surface area (Å²) < 4.78 is 0. The minimum atomic E-state index is 0.837. The Morgan fingerprint density at radius 3 is 2.72 bits per heavy atom. The third-order valence-corrected chi connectivity index (χ3v) is 3.97. The van der Waals surface area contributed by atoms with Gasteiger partial charge in [-0.25, -0.2) is 0 Å². The summed E-state index contributed by atoms with van der Waals surface area (Å²) in [6.45, 7) is 8.71. The summed E-state index contributed by atoms with van der Waals surface area (Å²) in [5.41, 5.74) is 2.67. The van der Waals surface area contributed by atoms with Gasteiger partial charge in [-0.3, -0.25) is 0 Å². The molecule has 3 heteroatoms. The van der Waals surface area contributed by atoms with Gasteiger partial charge < -0.3 is 10.2 Å². The lowest BCUT2D eigenvalue weighted by Crippen LogP contribution is -2.33. The van der Waals surface area contributed by atoms with Gasteiger partial charge in [-0.15, -0.1) is 0 Å². The molecule has 100 valence electrons. The van der Waals surface area contributed by atoms with E-state index in [0.717, 1.165) is 37.1 Å². The highest BCUT2D eigenvalue weighted by molar-refractivity contribution is 6.30. The van der Waals surface area contributed by atoms with Crippen molar-refractivity contribution < 1.29 is 0 Å². The van der Waals surface area contributed by atoms with Crippen LogP contribution in [0.25, 0.3) is 0 Å². The van der Waals surface area contributed by atoms with E-state index >= 15 is 0 Å². The maximum Gasteiger partial charge on any atom is 0.0426 e. The van der Waals surface area contributed by atoms with Gasteiger partial charge in [0.15, 0.2) is 0 Å². The molecule has 1 aliphatic heterocycles. The predicted molar refractivity (Wildman–Crippen MR) is 79.4 cm³/mol. The number of hydrogen-bond donors (Lipinski definition) is 1. The van der Waals surface area contributed by atoms with Gasteiger partial charge in [0.05, 0.1) is 0 Å². The van der Waals surface area contributed by atoms with E-state index in [-0.39, 0.29) is 0 Å². The first kappa shape index (κ1) is 13.7. The summed E-state index contributed by atoms with van der Waals surface area (Å²) in [6, 6.07) is 6.26. The number of nitrogens with zero attached hydrogens (tertiary/aromatic N) is 1. The number of rotatable bonds is 4. The lowest BCUT2D eigenvalue weighted by atomic mass is 9.98. The van der Waals surface area contributed by atoms with Crippen LogP contribution in [0.4, 0.5) is 5.69 Å². The van der Waals surface area contributed by atoms with Crippen LogP contribution in [0.3, 0.4) is 0 Å². The summed E-state index contributed by atoms with van der Waals surface area (Å²) in [6.07, 6.45) is 2.57. The van der Waals surface area contributed by atoms with Crippen molar-refractivity contribution in [3.8, 4) is 0 Å². The van der Waals surface area contributed by atoms with Gasteiger partial charge in [-0.2, -0.15) is 0 Å². The molecule has 0 saturated carbocycles. The van der Waals surface area contributed by atoms with Crippen molar-refractivity contribution in [3.63, 3.8) is 0 Å². The maximum absolute atomic E-state index is 6.15. The second-order valence-electron chi connectivity index (χ2n) is 5.22. The smallest absolute Gasteiger partial charge is 0.0426 e. The van der Waals surface area contributed by atoms with E-state index in [1.807, 2.05) is 6.07 Å². The van der Waals surface area contributed by atoms with E-state index in [1.54, 1.807) is 0 Å². The van der Waals surface area contributed by atoms with Crippen LogP contribution in [0.1, 0.15) is 32.3 Å². The molecule has 18 heavy (non-hydrogen) atoms. The molecule has 1 fully saturated rings. The molecule has 1 saturated heterocycles. The Hall–Kier alpha value is -0.730. The average molecular weight is 267 g/mol. The van der Waals surface area contributed by atoms with Crippen molar-refractivity contribution in [3.05, 3.63) is 28.8 Å². The Labute approximate surface area is 115 Å². The van der Waals surface area contributed by atoms with Crippen LogP contribution < -0.4 is 10.2 Å². The Bertz CT molecular complexity index is 384. The molecule has 1 aromatic carbocycles. The summed E-state index contributed by atoms with van der Waals surface area (Å²) in [5.74, 6) is 0.859. The van der Waals surface area contributed by atoms with Crippen LogP contribution in [-0.2, 0) is 6.54 Å². The highest BCUT2D eigenvalue weighted by Crippen LogP contribution is 2.28. The number of hydrogen-bond acceptors (Lipinski definition) is 2. The maximum atomic E-state index is 6.15. The first-order valence-corrected chi connectivity index (χ1v) is 7.32.